The topological polar surface area (TPSA) is 41.6 Å². The van der Waals surface area contributed by atoms with E-state index in [1.165, 1.54) is 5.56 Å². The van der Waals surface area contributed by atoms with Gasteiger partial charge >= 0.3 is 0 Å². The molecule has 0 saturated heterocycles. The van der Waals surface area contributed by atoms with Crippen LogP contribution in [0.15, 0.2) is 34.9 Å². The summed E-state index contributed by atoms with van der Waals surface area (Å²) in [6.07, 6.45) is 1.83. The van der Waals surface area contributed by atoms with Gasteiger partial charge in [-0.2, -0.15) is 0 Å². The van der Waals surface area contributed by atoms with Gasteiger partial charge in [0.05, 0.1) is 5.52 Å². The summed E-state index contributed by atoms with van der Waals surface area (Å²) >= 11 is 3.58. The minimum atomic E-state index is 0.753. The van der Waals surface area contributed by atoms with Crippen molar-refractivity contribution in [2.24, 2.45) is 0 Å². The lowest BCUT2D eigenvalue weighted by Gasteiger charge is -2.01. The molecule has 0 radical (unpaired) electrons. The number of hydrogen-bond donors (Lipinski definition) is 1. The normalized spacial score (nSPS) is 11.1. The third kappa shape index (κ3) is 1.93. The molecule has 0 atom stereocenters. The van der Waals surface area contributed by atoms with Crippen LogP contribution in [0.5, 0.6) is 0 Å². The third-order valence-electron chi connectivity index (χ3n) is 2.85. The Kier molecular flexibility index (Phi) is 2.67. The molecule has 90 valence electrons. The predicted molar refractivity (Wildman–Crippen MR) is 76.5 cm³/mol. The Hall–Kier alpha value is -1.68. The Labute approximate surface area is 113 Å². The SMILES string of the molecule is Cc1ccc(-c2nc3ncc(C)cc3[nH]2)c(Br)c1. The maximum Gasteiger partial charge on any atom is 0.178 e. The molecule has 18 heavy (non-hydrogen) atoms. The van der Waals surface area contributed by atoms with Crippen molar-refractivity contribution in [3.05, 3.63) is 46.1 Å². The molecule has 3 aromatic rings. The number of nitrogens with one attached hydrogen (secondary N) is 1. The summed E-state index contributed by atoms with van der Waals surface area (Å²) in [6.45, 7) is 4.09. The van der Waals surface area contributed by atoms with E-state index in [2.05, 4.69) is 62.1 Å². The van der Waals surface area contributed by atoms with Crippen molar-refractivity contribution in [1.29, 1.82) is 0 Å². The lowest BCUT2D eigenvalue weighted by Crippen LogP contribution is -1.83. The molecule has 4 heteroatoms. The molecule has 1 N–H and O–H groups in total. The fourth-order valence-corrected chi connectivity index (χ4v) is 2.63. The smallest absolute Gasteiger partial charge is 0.178 e. The predicted octanol–water partition coefficient (Wildman–Crippen LogP) is 4.00. The number of imidazole rings is 1. The Balaban J connectivity index is 2.19. The Morgan fingerprint density at radius 3 is 2.72 bits per heavy atom. The zero-order chi connectivity index (χ0) is 12.7. The van der Waals surface area contributed by atoms with E-state index in [1.54, 1.807) is 0 Å². The number of halogens is 1. The van der Waals surface area contributed by atoms with Gasteiger partial charge in [0, 0.05) is 16.2 Å². The number of hydrogen-bond acceptors (Lipinski definition) is 2. The van der Waals surface area contributed by atoms with Gasteiger partial charge in [0.2, 0.25) is 0 Å². The second kappa shape index (κ2) is 4.21. The number of rotatable bonds is 1. The highest BCUT2D eigenvalue weighted by atomic mass is 79.9. The number of nitrogens with zero attached hydrogens (tertiary/aromatic N) is 2. The van der Waals surface area contributed by atoms with Crippen molar-refractivity contribution in [3.8, 4) is 11.4 Å². The lowest BCUT2D eigenvalue weighted by atomic mass is 10.1. The Bertz CT molecular complexity index is 731. The molecular formula is C14H12BrN3. The zero-order valence-corrected chi connectivity index (χ0v) is 11.7. The maximum absolute atomic E-state index is 4.52. The van der Waals surface area contributed by atoms with Gasteiger partial charge in [-0.25, -0.2) is 9.97 Å². The molecule has 0 aliphatic rings. The van der Waals surface area contributed by atoms with Crippen molar-refractivity contribution in [3.63, 3.8) is 0 Å². The van der Waals surface area contributed by atoms with Crippen LogP contribution in [0.4, 0.5) is 0 Å². The molecule has 0 aliphatic carbocycles. The van der Waals surface area contributed by atoms with Crippen LogP contribution in [0.1, 0.15) is 11.1 Å². The summed E-state index contributed by atoms with van der Waals surface area (Å²) in [4.78, 5) is 12.1. The summed E-state index contributed by atoms with van der Waals surface area (Å²) in [5, 5.41) is 0. The average Bonchev–Trinajstić information content (AvgIpc) is 2.71. The summed E-state index contributed by atoms with van der Waals surface area (Å²) in [5.41, 5.74) is 5.12. The third-order valence-corrected chi connectivity index (χ3v) is 3.51. The number of aromatic nitrogens is 3. The molecule has 2 heterocycles. The molecule has 3 rings (SSSR count). The van der Waals surface area contributed by atoms with Crippen LogP contribution in [0.3, 0.4) is 0 Å². The van der Waals surface area contributed by atoms with Crippen molar-refractivity contribution in [2.45, 2.75) is 13.8 Å². The number of aryl methyl sites for hydroxylation is 2. The van der Waals surface area contributed by atoms with Crippen LogP contribution in [0.25, 0.3) is 22.6 Å². The number of fused-ring (bicyclic) bond motifs is 1. The standard InChI is InChI=1S/C14H12BrN3/c1-8-3-4-10(11(15)5-8)13-17-12-6-9(2)7-16-14(12)18-13/h3-7H,1-2H3,(H,16,17,18). The second-order valence-electron chi connectivity index (χ2n) is 4.45. The largest absolute Gasteiger partial charge is 0.337 e. The van der Waals surface area contributed by atoms with Gasteiger partial charge in [0.25, 0.3) is 0 Å². The zero-order valence-electron chi connectivity index (χ0n) is 10.2. The molecule has 0 saturated carbocycles. The van der Waals surface area contributed by atoms with E-state index in [1.807, 2.05) is 13.1 Å². The molecule has 0 unspecified atom stereocenters. The minimum Gasteiger partial charge on any atom is -0.337 e. The molecule has 2 aromatic heterocycles. The van der Waals surface area contributed by atoms with Gasteiger partial charge in [0.15, 0.2) is 5.65 Å². The fraction of sp³-hybridized carbons (Fsp3) is 0.143. The molecule has 0 aliphatic heterocycles. The highest BCUT2D eigenvalue weighted by Gasteiger charge is 2.09. The number of benzene rings is 1. The van der Waals surface area contributed by atoms with Crippen LogP contribution < -0.4 is 0 Å². The first-order chi connectivity index (χ1) is 8.63. The van der Waals surface area contributed by atoms with E-state index < -0.39 is 0 Å². The summed E-state index contributed by atoms with van der Waals surface area (Å²) < 4.78 is 1.04. The van der Waals surface area contributed by atoms with Crippen LogP contribution in [-0.2, 0) is 0 Å². The highest BCUT2D eigenvalue weighted by Crippen LogP contribution is 2.28. The van der Waals surface area contributed by atoms with E-state index in [-0.39, 0.29) is 0 Å². The maximum atomic E-state index is 4.52. The van der Waals surface area contributed by atoms with Crippen LogP contribution >= 0.6 is 15.9 Å². The molecule has 1 aromatic carbocycles. The summed E-state index contributed by atoms with van der Waals surface area (Å²) in [7, 11) is 0. The van der Waals surface area contributed by atoms with E-state index in [4.69, 9.17) is 0 Å². The molecule has 0 amide bonds. The molecular weight excluding hydrogens is 290 g/mol. The average molecular weight is 302 g/mol. The van der Waals surface area contributed by atoms with Crippen molar-refractivity contribution in [2.75, 3.05) is 0 Å². The van der Waals surface area contributed by atoms with Gasteiger partial charge in [0.1, 0.15) is 5.82 Å². The van der Waals surface area contributed by atoms with E-state index >= 15 is 0 Å². The summed E-state index contributed by atoms with van der Waals surface area (Å²) in [5.74, 6) is 0.843. The first kappa shape index (κ1) is 11.4. The number of aromatic amines is 1. The van der Waals surface area contributed by atoms with Gasteiger partial charge in [-0.3, -0.25) is 0 Å². The second-order valence-corrected chi connectivity index (χ2v) is 5.31. The molecule has 0 spiro atoms. The van der Waals surface area contributed by atoms with Crippen LogP contribution in [0.2, 0.25) is 0 Å². The van der Waals surface area contributed by atoms with Gasteiger partial charge in [-0.05, 0) is 43.2 Å². The van der Waals surface area contributed by atoms with Crippen LogP contribution in [-0.4, -0.2) is 15.0 Å². The Morgan fingerprint density at radius 1 is 1.11 bits per heavy atom. The van der Waals surface area contributed by atoms with Crippen molar-refractivity contribution in [1.82, 2.24) is 15.0 Å². The van der Waals surface area contributed by atoms with Crippen molar-refractivity contribution >= 4 is 27.1 Å². The number of H-pyrrole nitrogens is 1. The quantitative estimate of drug-likeness (QED) is 0.738. The first-order valence-electron chi connectivity index (χ1n) is 5.72. The fourth-order valence-electron chi connectivity index (χ4n) is 1.94. The molecule has 3 nitrogen and oxygen atoms in total. The molecule has 0 bridgehead atoms. The van der Waals surface area contributed by atoms with E-state index in [0.29, 0.717) is 0 Å². The molecule has 0 fully saturated rings. The Morgan fingerprint density at radius 2 is 1.94 bits per heavy atom. The minimum absolute atomic E-state index is 0.753. The van der Waals surface area contributed by atoms with Gasteiger partial charge < -0.3 is 4.98 Å². The highest BCUT2D eigenvalue weighted by molar-refractivity contribution is 9.10. The first-order valence-corrected chi connectivity index (χ1v) is 6.52. The van der Waals surface area contributed by atoms with Crippen molar-refractivity contribution < 1.29 is 0 Å². The monoisotopic (exact) mass is 301 g/mol. The van der Waals surface area contributed by atoms with Gasteiger partial charge in [-0.15, -0.1) is 0 Å². The van der Waals surface area contributed by atoms with E-state index in [9.17, 15) is 0 Å². The lowest BCUT2D eigenvalue weighted by molar-refractivity contribution is 1.28. The van der Waals surface area contributed by atoms with E-state index in [0.717, 1.165) is 32.6 Å². The summed E-state index contributed by atoms with van der Waals surface area (Å²) in [6, 6.07) is 8.28. The number of pyridine rings is 1. The van der Waals surface area contributed by atoms with Crippen LogP contribution in [0, 0.1) is 13.8 Å². The van der Waals surface area contributed by atoms with Gasteiger partial charge in [-0.1, -0.05) is 22.0 Å².